The monoisotopic (exact) mass is 233 g/mol. The highest BCUT2D eigenvalue weighted by Gasteiger charge is 2.35. The van der Waals surface area contributed by atoms with Crippen molar-refractivity contribution >= 4 is 0 Å². The van der Waals surface area contributed by atoms with E-state index in [4.69, 9.17) is 0 Å². The van der Waals surface area contributed by atoms with Gasteiger partial charge in [0.25, 0.3) is 0 Å². The first-order valence-corrected chi connectivity index (χ1v) is 6.66. The Morgan fingerprint density at radius 3 is 2.65 bits per heavy atom. The predicted molar refractivity (Wildman–Crippen MR) is 71.0 cm³/mol. The third kappa shape index (κ3) is 2.38. The molecule has 17 heavy (non-hydrogen) atoms. The molecule has 0 amide bonds. The van der Waals surface area contributed by atoms with Crippen LogP contribution in [-0.4, -0.2) is 28.6 Å². The van der Waals surface area contributed by atoms with Crippen molar-refractivity contribution in [3.63, 3.8) is 0 Å². The molecule has 2 nitrogen and oxygen atoms in total. The van der Waals surface area contributed by atoms with Crippen LogP contribution in [0.3, 0.4) is 0 Å². The maximum absolute atomic E-state index is 10.4. The molecule has 2 heteroatoms. The Morgan fingerprint density at radius 2 is 2.06 bits per heavy atom. The Labute approximate surface area is 104 Å². The van der Waals surface area contributed by atoms with E-state index in [1.807, 2.05) is 6.07 Å². The predicted octanol–water partition coefficient (Wildman–Crippen LogP) is 2.77. The molecule has 2 rings (SSSR count). The van der Waals surface area contributed by atoms with Crippen molar-refractivity contribution in [1.29, 1.82) is 0 Å². The fourth-order valence-corrected chi connectivity index (χ4v) is 2.92. The van der Waals surface area contributed by atoms with Gasteiger partial charge in [-0.2, -0.15) is 0 Å². The third-order valence-corrected chi connectivity index (χ3v) is 3.74. The van der Waals surface area contributed by atoms with E-state index in [-0.39, 0.29) is 12.1 Å². The minimum absolute atomic E-state index is 0.257. The molecule has 0 saturated carbocycles. The van der Waals surface area contributed by atoms with Gasteiger partial charge in [-0.1, -0.05) is 31.2 Å². The van der Waals surface area contributed by atoms with E-state index in [0.717, 1.165) is 24.9 Å². The standard InChI is InChI=1S/C15H23NO/c1-4-9-16(11(2)3)14-10-12-7-5-6-8-13(12)15(14)17/h5-8,11,14-15,17H,4,9-10H2,1-3H3. The Bertz CT molecular complexity index is 375. The molecule has 1 aliphatic carbocycles. The van der Waals surface area contributed by atoms with Crippen LogP contribution in [0.4, 0.5) is 0 Å². The topological polar surface area (TPSA) is 23.5 Å². The first-order chi connectivity index (χ1) is 8.15. The SMILES string of the molecule is CCCN(C(C)C)C1Cc2ccccc2C1O. The highest BCUT2D eigenvalue weighted by molar-refractivity contribution is 5.35. The maximum atomic E-state index is 10.4. The molecule has 2 unspecified atom stereocenters. The summed E-state index contributed by atoms with van der Waals surface area (Å²) in [5.41, 5.74) is 2.44. The average Bonchev–Trinajstić information content (AvgIpc) is 2.64. The lowest BCUT2D eigenvalue weighted by Crippen LogP contribution is -2.43. The second-order valence-corrected chi connectivity index (χ2v) is 5.25. The maximum Gasteiger partial charge on any atom is 0.0951 e. The highest BCUT2D eigenvalue weighted by Crippen LogP contribution is 2.35. The van der Waals surface area contributed by atoms with Crippen LogP contribution in [0.15, 0.2) is 24.3 Å². The van der Waals surface area contributed by atoms with Crippen LogP contribution in [0.5, 0.6) is 0 Å². The lowest BCUT2D eigenvalue weighted by Gasteiger charge is -2.34. The molecule has 0 aromatic heterocycles. The molecule has 0 aliphatic heterocycles. The van der Waals surface area contributed by atoms with Crippen molar-refractivity contribution in [2.45, 2.75) is 51.8 Å². The summed E-state index contributed by atoms with van der Waals surface area (Å²) in [6, 6.07) is 9.03. The zero-order valence-electron chi connectivity index (χ0n) is 11.1. The van der Waals surface area contributed by atoms with E-state index in [1.165, 1.54) is 5.56 Å². The molecule has 1 aliphatic rings. The lowest BCUT2D eigenvalue weighted by molar-refractivity contribution is 0.0423. The number of nitrogens with zero attached hydrogens (tertiary/aromatic N) is 1. The van der Waals surface area contributed by atoms with Crippen molar-refractivity contribution in [2.75, 3.05) is 6.54 Å². The fourth-order valence-electron chi connectivity index (χ4n) is 2.92. The summed E-state index contributed by atoms with van der Waals surface area (Å²) in [5, 5.41) is 10.4. The van der Waals surface area contributed by atoms with E-state index in [1.54, 1.807) is 0 Å². The van der Waals surface area contributed by atoms with Gasteiger partial charge in [0.2, 0.25) is 0 Å². The smallest absolute Gasteiger partial charge is 0.0951 e. The quantitative estimate of drug-likeness (QED) is 0.864. The van der Waals surface area contributed by atoms with Gasteiger partial charge < -0.3 is 5.11 Å². The zero-order valence-corrected chi connectivity index (χ0v) is 11.1. The number of fused-ring (bicyclic) bond motifs is 1. The molecule has 0 bridgehead atoms. The second-order valence-electron chi connectivity index (χ2n) is 5.25. The third-order valence-electron chi connectivity index (χ3n) is 3.74. The minimum atomic E-state index is -0.319. The van der Waals surface area contributed by atoms with E-state index in [9.17, 15) is 5.11 Å². The van der Waals surface area contributed by atoms with Crippen LogP contribution in [0.25, 0.3) is 0 Å². The van der Waals surface area contributed by atoms with Gasteiger partial charge in [-0.15, -0.1) is 0 Å². The van der Waals surface area contributed by atoms with Crippen molar-refractivity contribution in [2.24, 2.45) is 0 Å². The van der Waals surface area contributed by atoms with Crippen molar-refractivity contribution in [3.8, 4) is 0 Å². The first-order valence-electron chi connectivity index (χ1n) is 6.66. The van der Waals surface area contributed by atoms with Gasteiger partial charge in [0, 0.05) is 12.1 Å². The molecule has 1 N–H and O–H groups in total. The van der Waals surface area contributed by atoms with E-state index in [0.29, 0.717) is 6.04 Å². The van der Waals surface area contributed by atoms with Crippen molar-refractivity contribution in [1.82, 2.24) is 4.90 Å². The Balaban J connectivity index is 2.20. The first kappa shape index (κ1) is 12.6. The molecule has 94 valence electrons. The van der Waals surface area contributed by atoms with Crippen molar-refractivity contribution in [3.05, 3.63) is 35.4 Å². The van der Waals surface area contributed by atoms with Crippen LogP contribution in [-0.2, 0) is 6.42 Å². The summed E-state index contributed by atoms with van der Waals surface area (Å²) < 4.78 is 0. The summed E-state index contributed by atoms with van der Waals surface area (Å²) >= 11 is 0. The molecule has 0 radical (unpaired) electrons. The molecule has 0 saturated heterocycles. The Hall–Kier alpha value is -0.860. The second kappa shape index (κ2) is 5.19. The lowest BCUT2D eigenvalue weighted by atomic mass is 10.1. The van der Waals surface area contributed by atoms with Gasteiger partial charge in [-0.05, 0) is 44.4 Å². The number of aliphatic hydroxyl groups excluding tert-OH is 1. The number of rotatable bonds is 4. The Morgan fingerprint density at radius 1 is 1.35 bits per heavy atom. The molecule has 2 atom stereocenters. The van der Waals surface area contributed by atoms with E-state index >= 15 is 0 Å². The van der Waals surface area contributed by atoms with Crippen LogP contribution in [0, 0.1) is 0 Å². The van der Waals surface area contributed by atoms with Gasteiger partial charge >= 0.3 is 0 Å². The van der Waals surface area contributed by atoms with E-state index < -0.39 is 0 Å². The molecule has 0 spiro atoms. The Kier molecular flexibility index (Phi) is 3.85. The van der Waals surface area contributed by atoms with Gasteiger partial charge in [-0.25, -0.2) is 0 Å². The summed E-state index contributed by atoms with van der Waals surface area (Å²) in [6.45, 7) is 7.69. The molecular formula is C15H23NO. The van der Waals surface area contributed by atoms with Gasteiger partial charge in [0.15, 0.2) is 0 Å². The molecule has 0 fully saturated rings. The van der Waals surface area contributed by atoms with Gasteiger partial charge in [-0.3, -0.25) is 4.90 Å². The number of hydrogen-bond acceptors (Lipinski definition) is 2. The van der Waals surface area contributed by atoms with Gasteiger partial charge in [0.1, 0.15) is 0 Å². The van der Waals surface area contributed by atoms with Crippen LogP contribution >= 0.6 is 0 Å². The van der Waals surface area contributed by atoms with Crippen LogP contribution < -0.4 is 0 Å². The fraction of sp³-hybridized carbons (Fsp3) is 0.600. The summed E-state index contributed by atoms with van der Waals surface area (Å²) in [7, 11) is 0. The largest absolute Gasteiger partial charge is 0.387 e. The molecular weight excluding hydrogens is 210 g/mol. The number of hydrogen-bond donors (Lipinski definition) is 1. The van der Waals surface area contributed by atoms with Gasteiger partial charge in [0.05, 0.1) is 6.10 Å². The average molecular weight is 233 g/mol. The minimum Gasteiger partial charge on any atom is -0.387 e. The van der Waals surface area contributed by atoms with Crippen LogP contribution in [0.1, 0.15) is 44.4 Å². The van der Waals surface area contributed by atoms with Crippen molar-refractivity contribution < 1.29 is 5.11 Å². The summed E-state index contributed by atoms with van der Waals surface area (Å²) in [4.78, 5) is 2.44. The normalized spacial score (nSPS) is 23.4. The number of aliphatic hydroxyl groups is 1. The summed E-state index contributed by atoms with van der Waals surface area (Å²) in [6.07, 6.45) is 1.80. The molecule has 1 aromatic carbocycles. The van der Waals surface area contributed by atoms with Crippen LogP contribution in [0.2, 0.25) is 0 Å². The van der Waals surface area contributed by atoms with E-state index in [2.05, 4.69) is 43.9 Å². The number of benzene rings is 1. The highest BCUT2D eigenvalue weighted by atomic mass is 16.3. The molecule has 0 heterocycles. The zero-order chi connectivity index (χ0) is 12.4. The summed E-state index contributed by atoms with van der Waals surface area (Å²) in [5.74, 6) is 0. The molecule has 1 aromatic rings.